The number of aromatic amines is 1. The summed E-state index contributed by atoms with van der Waals surface area (Å²) in [6.07, 6.45) is 4.27. The van der Waals surface area contributed by atoms with E-state index in [1.165, 1.54) is 16.8 Å². The van der Waals surface area contributed by atoms with Crippen molar-refractivity contribution in [3.8, 4) is 0 Å². The number of nitrogens with zero attached hydrogens (tertiary/aromatic N) is 4. The zero-order valence-corrected chi connectivity index (χ0v) is 25.8. The molecule has 186 valence electrons. The Morgan fingerprint density at radius 3 is 2.77 bits per heavy atom. The van der Waals surface area contributed by atoms with E-state index in [0.717, 1.165) is 62.2 Å². The second kappa shape index (κ2) is 10.5. The number of likely N-dealkylation sites (tertiary alicyclic amines) is 1. The predicted octanol–water partition coefficient (Wildman–Crippen LogP) is 6.42. The zero-order valence-electron chi connectivity index (χ0n) is 19.3. The van der Waals surface area contributed by atoms with Crippen LogP contribution in [-0.2, 0) is 11.2 Å². The van der Waals surface area contributed by atoms with Crippen LogP contribution in [0, 0.1) is 0 Å². The van der Waals surface area contributed by atoms with E-state index in [2.05, 4.69) is 85.5 Å². The Bertz CT molecular complexity index is 1230. The van der Waals surface area contributed by atoms with Crippen LogP contribution in [0.25, 0.3) is 11.0 Å². The van der Waals surface area contributed by atoms with Crippen LogP contribution in [0.15, 0.2) is 42.7 Å². The Kier molecular flexibility index (Phi) is 7.32. The van der Waals surface area contributed by atoms with Crippen molar-refractivity contribution < 1.29 is 9.53 Å². The van der Waals surface area contributed by atoms with Gasteiger partial charge in [0.25, 0.3) is 0 Å². The normalized spacial score (nSPS) is 22.4. The van der Waals surface area contributed by atoms with Crippen LogP contribution in [0.2, 0.25) is 0 Å². The Morgan fingerprint density at radius 1 is 1.09 bits per heavy atom. The van der Waals surface area contributed by atoms with Gasteiger partial charge in [-0.25, -0.2) is 4.98 Å². The van der Waals surface area contributed by atoms with E-state index in [1.54, 1.807) is 6.33 Å². The van der Waals surface area contributed by atoms with Crippen molar-refractivity contribution in [2.45, 2.75) is 31.2 Å². The summed E-state index contributed by atoms with van der Waals surface area (Å²) in [6, 6.07) is 13.3. The number of imidazole rings is 1. The van der Waals surface area contributed by atoms with Gasteiger partial charge in [-0.1, -0.05) is 6.07 Å². The second-order valence-corrected chi connectivity index (χ2v) is 32.7. The number of anilines is 1. The van der Waals surface area contributed by atoms with Crippen molar-refractivity contribution in [2.24, 2.45) is 0 Å². The van der Waals surface area contributed by atoms with E-state index in [1.807, 2.05) is 11.0 Å². The minimum absolute atomic E-state index is 0.139. The number of rotatable bonds is 5. The monoisotopic (exact) mass is 811 g/mol. The number of halogens is 3. The molecule has 2 saturated heterocycles. The topological polar surface area (TPSA) is 64.7 Å². The number of carbonyl (C=O) groups excluding carboxylic acids is 1. The van der Waals surface area contributed by atoms with E-state index < -0.39 is 12.1 Å². The first-order chi connectivity index (χ1) is 17.1. The van der Waals surface area contributed by atoms with Crippen molar-refractivity contribution >= 4 is 72.2 Å². The molecule has 1 N–H and O–H groups in total. The molecule has 10 heteroatoms. The van der Waals surface area contributed by atoms with Gasteiger partial charge in [-0.3, -0.25) is 0 Å². The first-order valence-electron chi connectivity index (χ1n) is 12.1. The minimum atomic E-state index is -0.945. The van der Waals surface area contributed by atoms with Crippen molar-refractivity contribution in [2.75, 3.05) is 44.2 Å². The van der Waals surface area contributed by atoms with Gasteiger partial charge in [0.2, 0.25) is 0 Å². The summed E-state index contributed by atoms with van der Waals surface area (Å²) in [5, 5.41) is 0. The number of carbonyl (C=O) groups is 1. The molecule has 6 rings (SSSR count). The number of aromatic nitrogens is 2. The first kappa shape index (κ1) is 24.5. The molecule has 0 spiro atoms. The van der Waals surface area contributed by atoms with Crippen molar-refractivity contribution in [1.29, 1.82) is 0 Å². The van der Waals surface area contributed by atoms with Crippen LogP contribution in [0.1, 0.15) is 41.5 Å². The van der Waals surface area contributed by atoms with Gasteiger partial charge in [0.1, 0.15) is 0 Å². The Balaban J connectivity index is 1.11. The maximum absolute atomic E-state index is 13.1. The summed E-state index contributed by atoms with van der Waals surface area (Å²) < 4.78 is 8.45. The average Bonchev–Trinajstić information content (AvgIpc) is 3.46. The van der Waals surface area contributed by atoms with Crippen LogP contribution in [-0.4, -0.2) is 63.4 Å². The zero-order chi connectivity index (χ0) is 23.9. The van der Waals surface area contributed by atoms with Gasteiger partial charge in [0.05, 0.1) is 17.4 Å². The Morgan fingerprint density at radius 2 is 1.94 bits per heavy atom. The first-order valence-corrected chi connectivity index (χ1v) is 25.6. The third kappa shape index (κ3) is 5.00. The summed E-state index contributed by atoms with van der Waals surface area (Å²) in [4.78, 5) is 25.0. The summed E-state index contributed by atoms with van der Waals surface area (Å²) in [6.45, 7) is 5.65. The summed E-state index contributed by atoms with van der Waals surface area (Å²) >= 11 is 4.35. The van der Waals surface area contributed by atoms with Gasteiger partial charge >= 0.3 is 177 Å². The van der Waals surface area contributed by atoms with Crippen LogP contribution < -0.4 is 4.90 Å². The quantitative estimate of drug-likeness (QED) is 0.238. The molecule has 2 atom stereocenters. The number of benzene rings is 2. The Hall–Kier alpha value is -0.870. The van der Waals surface area contributed by atoms with Gasteiger partial charge in [0.15, 0.2) is 0 Å². The molecule has 3 aliphatic rings. The number of hydrogen-bond acceptors (Lipinski definition) is 5. The van der Waals surface area contributed by atoms with Crippen LogP contribution in [0.3, 0.4) is 0 Å². The third-order valence-corrected chi connectivity index (χ3v) is 16.5. The number of amides is 1. The number of piperidine rings is 1. The predicted molar refractivity (Wildman–Crippen MR) is 165 cm³/mol. The average molecular weight is 811 g/mol. The van der Waals surface area contributed by atoms with Crippen molar-refractivity contribution in [1.82, 2.24) is 18.0 Å². The number of piperazine rings is 1. The molecule has 3 heterocycles. The van der Waals surface area contributed by atoms with E-state index in [9.17, 15) is 4.79 Å². The van der Waals surface area contributed by atoms with Gasteiger partial charge in [-0.2, -0.15) is 0 Å². The summed E-state index contributed by atoms with van der Waals surface area (Å²) in [5.74, 6) is 0.566. The molecule has 1 aromatic heterocycles. The third-order valence-electron chi connectivity index (χ3n) is 7.58. The summed E-state index contributed by atoms with van der Waals surface area (Å²) in [7, 11) is 0. The van der Waals surface area contributed by atoms with Gasteiger partial charge in [-0.15, -0.1) is 0 Å². The van der Waals surface area contributed by atoms with Crippen molar-refractivity contribution in [3.63, 3.8) is 0 Å². The van der Waals surface area contributed by atoms with E-state index >= 15 is 0 Å². The standard InChI is InChI=1S/C25H28I3N5O2/c26-28(27)32-10-8-31(9-11-32)19-2-3-20-18-5-7-33(24(14-18)21(20)15-19)25(34)35-12-6-17-1-4-22-23(13-17)30-16-29-22/h1-4,13,15-16,18,24H,5-12,14H2,(H,29,30). The number of fused-ring (bicyclic) bond motifs is 6. The molecule has 2 aromatic carbocycles. The number of H-pyrrole nitrogens is 1. The fourth-order valence-electron chi connectivity index (χ4n) is 5.73. The molecule has 0 radical (unpaired) electrons. The molecular weight excluding hydrogens is 783 g/mol. The van der Waals surface area contributed by atoms with Crippen LogP contribution in [0.4, 0.5) is 10.5 Å². The molecular formula is C25H28I3N5O2. The summed E-state index contributed by atoms with van der Waals surface area (Å²) in [5.41, 5.74) is 7.20. The number of ether oxygens (including phenoxy) is 1. The molecule has 2 unspecified atom stereocenters. The van der Waals surface area contributed by atoms with Crippen molar-refractivity contribution in [3.05, 3.63) is 59.4 Å². The fraction of sp³-hybridized carbons (Fsp3) is 0.440. The maximum atomic E-state index is 13.1. The van der Waals surface area contributed by atoms with Crippen LogP contribution in [0.5, 0.6) is 0 Å². The van der Waals surface area contributed by atoms with Gasteiger partial charge < -0.3 is 4.98 Å². The van der Waals surface area contributed by atoms with E-state index in [0.29, 0.717) is 18.9 Å². The molecule has 3 aromatic rings. The molecule has 1 amide bonds. The molecule has 2 fully saturated rings. The number of nitrogens with one attached hydrogen (secondary N) is 1. The molecule has 1 aliphatic carbocycles. The number of hydrogen-bond donors (Lipinski definition) is 1. The van der Waals surface area contributed by atoms with Crippen LogP contribution >= 0.6 is 49.4 Å². The van der Waals surface area contributed by atoms with Gasteiger partial charge in [0, 0.05) is 6.42 Å². The van der Waals surface area contributed by atoms with Gasteiger partial charge in [-0.05, 0) is 17.7 Å². The SMILES string of the molecule is O=C(OCCc1ccc2nc[nH]c2c1)N1CCC2CC1c1cc(N3CCN(I(I)I)CC3)ccc12. The van der Waals surface area contributed by atoms with E-state index in [4.69, 9.17) is 4.74 Å². The molecule has 2 aliphatic heterocycles. The molecule has 7 nitrogen and oxygen atoms in total. The Labute approximate surface area is 232 Å². The molecule has 2 bridgehead atoms. The molecule has 0 saturated carbocycles. The second-order valence-electron chi connectivity index (χ2n) is 9.44. The van der Waals surface area contributed by atoms with E-state index in [-0.39, 0.29) is 12.1 Å². The fourth-order valence-corrected chi connectivity index (χ4v) is 11.8. The molecule has 35 heavy (non-hydrogen) atoms.